The minimum atomic E-state index is -5.37. The number of nitrogens with zero attached hydrogens (tertiary/aromatic N) is 1. The second-order valence-electron chi connectivity index (χ2n) is 3.65. The van der Waals surface area contributed by atoms with Crippen molar-refractivity contribution in [2.24, 2.45) is 0 Å². The summed E-state index contributed by atoms with van der Waals surface area (Å²) in [6.07, 6.45) is 0. The molecule has 0 fully saturated rings. The fraction of sp³-hybridized carbons (Fsp3) is 0.400. The summed E-state index contributed by atoms with van der Waals surface area (Å²) < 4.78 is 60.1. The Morgan fingerprint density at radius 2 is 1.63 bits per heavy atom. The third kappa shape index (κ3) is 3.71. The number of alkyl halides is 5. The highest BCUT2D eigenvalue weighted by atomic mass is 79.9. The van der Waals surface area contributed by atoms with Gasteiger partial charge in [0.05, 0.1) is 9.78 Å². The maximum Gasteiger partial charge on any atom is 0.511 e. The molecule has 2 atom stereocenters. The largest absolute Gasteiger partial charge is 0.511 e. The third-order valence-corrected chi connectivity index (χ3v) is 7.10. The van der Waals surface area contributed by atoms with Gasteiger partial charge >= 0.3 is 15.5 Å². The van der Waals surface area contributed by atoms with E-state index in [0.29, 0.717) is 5.56 Å². The quantitative estimate of drug-likeness (QED) is 0.546. The fourth-order valence-electron chi connectivity index (χ4n) is 1.28. The smallest absolute Gasteiger partial charge is 0.203 e. The van der Waals surface area contributed by atoms with Gasteiger partial charge in [-0.15, -0.1) is 0 Å². The van der Waals surface area contributed by atoms with Crippen LogP contribution < -0.4 is 0 Å². The molecule has 0 bridgehead atoms. The fourth-order valence-corrected chi connectivity index (χ4v) is 3.77. The van der Waals surface area contributed by atoms with Gasteiger partial charge in [0.1, 0.15) is 0 Å². The van der Waals surface area contributed by atoms with Crippen molar-refractivity contribution in [3.8, 4) is 0 Å². The molecule has 1 rings (SSSR count). The molecule has 0 N–H and O–H groups in total. The van der Waals surface area contributed by atoms with Gasteiger partial charge in [-0.2, -0.15) is 17.5 Å². The highest BCUT2D eigenvalue weighted by molar-refractivity contribution is 9.12. The van der Waals surface area contributed by atoms with E-state index in [4.69, 9.17) is 0 Å². The summed E-state index contributed by atoms with van der Waals surface area (Å²) in [4.78, 5) is -1.68. The zero-order valence-electron chi connectivity index (χ0n) is 9.60. The van der Waals surface area contributed by atoms with Crippen LogP contribution in [-0.4, -0.2) is 30.2 Å². The van der Waals surface area contributed by atoms with Gasteiger partial charge in [0.15, 0.2) is 0 Å². The van der Waals surface area contributed by atoms with Crippen molar-refractivity contribution in [1.82, 2.24) is 4.31 Å². The van der Waals surface area contributed by atoms with Crippen molar-refractivity contribution in [3.63, 3.8) is 0 Å². The van der Waals surface area contributed by atoms with Crippen LogP contribution in [0.4, 0.5) is 13.2 Å². The van der Waals surface area contributed by atoms with E-state index in [1.807, 2.05) is 0 Å². The SMILES string of the molecule is CN(C(Br)C(Br)c1ccccc1)S(=O)(=O)C(F)(F)F. The predicted molar refractivity (Wildman–Crippen MR) is 73.6 cm³/mol. The molecule has 2 unspecified atom stereocenters. The van der Waals surface area contributed by atoms with Crippen molar-refractivity contribution in [2.45, 2.75) is 15.3 Å². The number of hydrogen-bond acceptors (Lipinski definition) is 2. The van der Waals surface area contributed by atoms with E-state index >= 15 is 0 Å². The summed E-state index contributed by atoms with van der Waals surface area (Å²) in [6, 6.07) is 8.54. The molecule has 0 aliphatic carbocycles. The second-order valence-corrected chi connectivity index (χ2v) is 7.57. The van der Waals surface area contributed by atoms with E-state index in [9.17, 15) is 21.6 Å². The molecular formula is C10H10Br2F3NO2S. The van der Waals surface area contributed by atoms with Gasteiger partial charge in [-0.1, -0.05) is 62.2 Å². The molecule has 0 heterocycles. The third-order valence-electron chi connectivity index (χ3n) is 2.38. The van der Waals surface area contributed by atoms with Crippen molar-refractivity contribution in [1.29, 1.82) is 0 Å². The Morgan fingerprint density at radius 1 is 1.16 bits per heavy atom. The number of hydrogen-bond donors (Lipinski definition) is 0. The van der Waals surface area contributed by atoms with Crippen LogP contribution in [0, 0.1) is 0 Å². The number of rotatable bonds is 4. The molecule has 0 aliphatic heterocycles. The lowest BCUT2D eigenvalue weighted by atomic mass is 10.1. The minimum Gasteiger partial charge on any atom is -0.203 e. The monoisotopic (exact) mass is 423 g/mol. The van der Waals surface area contributed by atoms with Crippen LogP contribution in [0.5, 0.6) is 0 Å². The lowest BCUT2D eigenvalue weighted by molar-refractivity contribution is -0.0484. The van der Waals surface area contributed by atoms with Gasteiger partial charge in [0, 0.05) is 7.05 Å². The first-order valence-corrected chi connectivity index (χ1v) is 8.23. The van der Waals surface area contributed by atoms with Crippen molar-refractivity contribution in [3.05, 3.63) is 35.9 Å². The van der Waals surface area contributed by atoms with Gasteiger partial charge in [0.25, 0.3) is 0 Å². The standard InChI is InChI=1S/C10H10Br2F3NO2S/c1-16(19(17,18)10(13,14)15)9(12)8(11)7-5-3-2-4-6-7/h2-6,8-9H,1H3. The van der Waals surface area contributed by atoms with Crippen LogP contribution in [0.3, 0.4) is 0 Å². The minimum absolute atomic E-state index is 0.249. The van der Waals surface area contributed by atoms with E-state index < -0.39 is 25.3 Å². The van der Waals surface area contributed by atoms with E-state index in [-0.39, 0.29) is 4.31 Å². The van der Waals surface area contributed by atoms with Gasteiger partial charge in [-0.3, -0.25) is 0 Å². The molecule has 0 saturated carbocycles. The summed E-state index contributed by atoms with van der Waals surface area (Å²) in [5.74, 6) is 0. The summed E-state index contributed by atoms with van der Waals surface area (Å²) in [5, 5.41) is 0. The van der Waals surface area contributed by atoms with Gasteiger partial charge in [-0.25, -0.2) is 8.42 Å². The van der Waals surface area contributed by atoms with Crippen LogP contribution in [0.25, 0.3) is 0 Å². The van der Waals surface area contributed by atoms with Gasteiger partial charge in [0.2, 0.25) is 0 Å². The maximum atomic E-state index is 12.4. The molecule has 3 nitrogen and oxygen atoms in total. The molecule has 0 saturated heterocycles. The van der Waals surface area contributed by atoms with Crippen LogP contribution in [0.15, 0.2) is 30.3 Å². The number of halogens is 5. The van der Waals surface area contributed by atoms with E-state index in [1.165, 1.54) is 0 Å². The summed E-state index contributed by atoms with van der Waals surface area (Å²) in [7, 11) is -4.50. The Bertz CT molecular complexity index is 521. The van der Waals surface area contributed by atoms with Crippen LogP contribution >= 0.6 is 31.9 Å². The molecule has 0 aliphatic rings. The molecule has 1 aromatic rings. The zero-order valence-corrected chi connectivity index (χ0v) is 13.6. The Kier molecular flexibility index (Phi) is 5.44. The lowest BCUT2D eigenvalue weighted by Gasteiger charge is -2.27. The molecule has 9 heteroatoms. The summed E-state index contributed by atoms with van der Waals surface area (Å²) >= 11 is 6.16. The van der Waals surface area contributed by atoms with Crippen LogP contribution in [0.1, 0.15) is 10.4 Å². The zero-order chi connectivity index (χ0) is 14.8. The van der Waals surface area contributed by atoms with E-state index in [1.54, 1.807) is 30.3 Å². The Balaban J connectivity index is 2.99. The van der Waals surface area contributed by atoms with Crippen LogP contribution in [-0.2, 0) is 10.0 Å². The van der Waals surface area contributed by atoms with Crippen molar-refractivity contribution < 1.29 is 21.6 Å². The Labute approximate surface area is 126 Å². The lowest BCUT2D eigenvalue weighted by Crippen LogP contribution is -2.43. The highest BCUT2D eigenvalue weighted by Gasteiger charge is 2.51. The van der Waals surface area contributed by atoms with Crippen molar-refractivity contribution in [2.75, 3.05) is 7.05 Å². The van der Waals surface area contributed by atoms with Gasteiger partial charge in [-0.05, 0) is 5.56 Å². The first-order chi connectivity index (χ1) is 8.59. The first-order valence-electron chi connectivity index (χ1n) is 4.96. The summed E-state index contributed by atoms with van der Waals surface area (Å²) in [6.45, 7) is 0. The number of likely N-dealkylation sites (N-methyl/N-ethyl adjacent to an activating group) is 1. The Morgan fingerprint density at radius 3 is 2.05 bits per heavy atom. The number of sulfonamides is 1. The highest BCUT2D eigenvalue weighted by Crippen LogP contribution is 2.37. The molecule has 0 spiro atoms. The topological polar surface area (TPSA) is 37.4 Å². The molecule has 0 aromatic heterocycles. The van der Waals surface area contributed by atoms with E-state index in [2.05, 4.69) is 31.9 Å². The predicted octanol–water partition coefficient (Wildman–Crippen LogP) is 3.63. The Hall–Kier alpha value is -0.120. The van der Waals surface area contributed by atoms with Crippen LogP contribution in [0.2, 0.25) is 0 Å². The normalized spacial score (nSPS) is 16.4. The average Bonchev–Trinajstić information content (AvgIpc) is 2.35. The molecule has 1 aromatic carbocycles. The maximum absolute atomic E-state index is 12.4. The van der Waals surface area contributed by atoms with Crippen molar-refractivity contribution >= 4 is 41.9 Å². The molecular weight excluding hydrogens is 415 g/mol. The second kappa shape index (κ2) is 6.11. The first kappa shape index (κ1) is 16.9. The summed E-state index contributed by atoms with van der Waals surface area (Å²) in [5.41, 5.74) is -4.66. The molecule has 0 radical (unpaired) electrons. The van der Waals surface area contributed by atoms with Gasteiger partial charge < -0.3 is 0 Å². The molecule has 0 amide bonds. The number of benzene rings is 1. The molecule has 108 valence electrons. The van der Waals surface area contributed by atoms with E-state index in [0.717, 1.165) is 7.05 Å². The average molecular weight is 425 g/mol. The molecule has 19 heavy (non-hydrogen) atoms.